The van der Waals surface area contributed by atoms with Crippen LogP contribution in [0.2, 0.25) is 0 Å². The van der Waals surface area contributed by atoms with Gasteiger partial charge in [-0.1, -0.05) is 15.9 Å². The SMILES string of the molecule is CNCCCS(=O)(=O)Nc1ccc(Br)c(C(F)(F)F)c1. The van der Waals surface area contributed by atoms with Crippen molar-refractivity contribution in [3.05, 3.63) is 28.2 Å². The molecule has 2 N–H and O–H groups in total. The molecule has 0 aromatic heterocycles. The number of sulfonamides is 1. The maximum Gasteiger partial charge on any atom is 0.417 e. The summed E-state index contributed by atoms with van der Waals surface area (Å²) in [4.78, 5) is 0. The smallest absolute Gasteiger partial charge is 0.320 e. The van der Waals surface area contributed by atoms with E-state index in [1.54, 1.807) is 7.05 Å². The molecule has 0 saturated carbocycles. The van der Waals surface area contributed by atoms with E-state index in [1.807, 2.05) is 0 Å². The van der Waals surface area contributed by atoms with Gasteiger partial charge in [0, 0.05) is 10.2 Å². The molecule has 0 bridgehead atoms. The Morgan fingerprint density at radius 1 is 1.30 bits per heavy atom. The summed E-state index contributed by atoms with van der Waals surface area (Å²) in [5.74, 6) is -0.161. The Morgan fingerprint density at radius 3 is 2.50 bits per heavy atom. The van der Waals surface area contributed by atoms with Crippen LogP contribution in [0.3, 0.4) is 0 Å². The average Bonchev–Trinajstić information content (AvgIpc) is 2.30. The minimum absolute atomic E-state index is 0.106. The van der Waals surface area contributed by atoms with Crippen molar-refractivity contribution >= 4 is 31.6 Å². The fraction of sp³-hybridized carbons (Fsp3) is 0.455. The predicted octanol–water partition coefficient (Wildman–Crippen LogP) is 2.82. The Kier molecular flexibility index (Phi) is 5.84. The molecule has 0 heterocycles. The van der Waals surface area contributed by atoms with Crippen molar-refractivity contribution in [2.75, 3.05) is 24.1 Å². The van der Waals surface area contributed by atoms with Gasteiger partial charge in [-0.2, -0.15) is 13.2 Å². The largest absolute Gasteiger partial charge is 0.417 e. The quantitative estimate of drug-likeness (QED) is 0.752. The Bertz CT molecular complexity index is 561. The molecular formula is C11H14BrF3N2O2S. The van der Waals surface area contributed by atoms with Gasteiger partial charge in [0.2, 0.25) is 10.0 Å². The molecule has 0 fully saturated rings. The second-order valence-electron chi connectivity index (χ2n) is 4.07. The number of nitrogens with one attached hydrogen (secondary N) is 2. The van der Waals surface area contributed by atoms with Crippen molar-refractivity contribution < 1.29 is 21.6 Å². The van der Waals surface area contributed by atoms with Crippen LogP contribution in [0.5, 0.6) is 0 Å². The van der Waals surface area contributed by atoms with Gasteiger partial charge in [-0.25, -0.2) is 8.42 Å². The van der Waals surface area contributed by atoms with Gasteiger partial charge in [0.05, 0.1) is 11.3 Å². The summed E-state index contributed by atoms with van der Waals surface area (Å²) >= 11 is 2.79. The molecule has 1 aromatic carbocycles. The van der Waals surface area contributed by atoms with Gasteiger partial charge in [0.15, 0.2) is 0 Å². The first-order valence-electron chi connectivity index (χ1n) is 5.67. The zero-order chi connectivity index (χ0) is 15.4. The highest BCUT2D eigenvalue weighted by molar-refractivity contribution is 9.10. The van der Waals surface area contributed by atoms with E-state index < -0.39 is 21.8 Å². The fourth-order valence-electron chi connectivity index (χ4n) is 1.48. The minimum atomic E-state index is -4.55. The van der Waals surface area contributed by atoms with Crippen molar-refractivity contribution in [1.82, 2.24) is 5.32 Å². The monoisotopic (exact) mass is 374 g/mol. The molecule has 0 unspecified atom stereocenters. The zero-order valence-corrected chi connectivity index (χ0v) is 13.0. The molecule has 114 valence electrons. The number of halogens is 4. The summed E-state index contributed by atoms with van der Waals surface area (Å²) in [5, 5.41) is 2.79. The highest BCUT2D eigenvalue weighted by Crippen LogP contribution is 2.36. The fourth-order valence-corrected chi connectivity index (χ4v) is 3.06. The van der Waals surface area contributed by atoms with E-state index in [-0.39, 0.29) is 15.9 Å². The lowest BCUT2D eigenvalue weighted by Gasteiger charge is -2.13. The molecule has 9 heteroatoms. The summed E-state index contributed by atoms with van der Waals surface area (Å²) < 4.78 is 63.5. The first-order valence-corrected chi connectivity index (χ1v) is 8.12. The number of hydrogen-bond donors (Lipinski definition) is 2. The number of alkyl halides is 3. The number of benzene rings is 1. The van der Waals surface area contributed by atoms with Gasteiger partial charge in [-0.15, -0.1) is 0 Å². The van der Waals surface area contributed by atoms with Gasteiger partial charge in [-0.05, 0) is 38.2 Å². The van der Waals surface area contributed by atoms with E-state index in [9.17, 15) is 21.6 Å². The van der Waals surface area contributed by atoms with E-state index in [0.717, 1.165) is 12.1 Å². The van der Waals surface area contributed by atoms with Gasteiger partial charge >= 0.3 is 6.18 Å². The molecular weight excluding hydrogens is 361 g/mol. The van der Waals surface area contributed by atoms with E-state index in [2.05, 4.69) is 26.0 Å². The van der Waals surface area contributed by atoms with Gasteiger partial charge < -0.3 is 5.32 Å². The van der Waals surface area contributed by atoms with E-state index in [0.29, 0.717) is 13.0 Å². The first kappa shape index (κ1) is 17.3. The van der Waals surface area contributed by atoms with Crippen LogP contribution in [0.25, 0.3) is 0 Å². The summed E-state index contributed by atoms with van der Waals surface area (Å²) in [6.07, 6.45) is -4.18. The van der Waals surface area contributed by atoms with Crippen molar-refractivity contribution in [1.29, 1.82) is 0 Å². The first-order chi connectivity index (χ1) is 9.15. The Hall–Kier alpha value is -0.800. The summed E-state index contributed by atoms with van der Waals surface area (Å²) in [5.41, 5.74) is -1.03. The molecule has 1 rings (SSSR count). The predicted molar refractivity (Wildman–Crippen MR) is 75.1 cm³/mol. The molecule has 20 heavy (non-hydrogen) atoms. The van der Waals surface area contributed by atoms with E-state index >= 15 is 0 Å². The summed E-state index contributed by atoms with van der Waals surface area (Å²) in [7, 11) is -1.97. The lowest BCUT2D eigenvalue weighted by atomic mass is 10.2. The number of rotatable bonds is 6. The van der Waals surface area contributed by atoms with Gasteiger partial charge in [0.25, 0.3) is 0 Å². The zero-order valence-electron chi connectivity index (χ0n) is 10.6. The van der Waals surface area contributed by atoms with E-state index in [4.69, 9.17) is 0 Å². The molecule has 0 amide bonds. The molecule has 0 aliphatic rings. The van der Waals surface area contributed by atoms with Crippen molar-refractivity contribution in [3.8, 4) is 0 Å². The molecule has 0 spiro atoms. The van der Waals surface area contributed by atoms with Crippen LogP contribution >= 0.6 is 15.9 Å². The molecule has 0 aliphatic carbocycles. The van der Waals surface area contributed by atoms with Crippen LogP contribution in [0, 0.1) is 0 Å². The lowest BCUT2D eigenvalue weighted by Crippen LogP contribution is -2.20. The minimum Gasteiger partial charge on any atom is -0.320 e. The second kappa shape index (κ2) is 6.77. The molecule has 4 nitrogen and oxygen atoms in total. The van der Waals surface area contributed by atoms with Crippen molar-refractivity contribution in [2.24, 2.45) is 0 Å². The highest BCUT2D eigenvalue weighted by atomic mass is 79.9. The Balaban J connectivity index is 2.88. The second-order valence-corrected chi connectivity index (χ2v) is 6.77. The van der Waals surface area contributed by atoms with Gasteiger partial charge in [0.1, 0.15) is 0 Å². The van der Waals surface area contributed by atoms with Crippen LogP contribution in [0.15, 0.2) is 22.7 Å². The standard InChI is InChI=1S/C11H14BrF3N2O2S/c1-16-5-2-6-20(18,19)17-8-3-4-10(12)9(7-8)11(13,14)15/h3-4,7,16-17H,2,5-6H2,1H3. The number of hydrogen-bond acceptors (Lipinski definition) is 3. The topological polar surface area (TPSA) is 58.2 Å². The highest BCUT2D eigenvalue weighted by Gasteiger charge is 2.33. The molecule has 0 atom stereocenters. The Morgan fingerprint density at radius 2 is 1.95 bits per heavy atom. The van der Waals surface area contributed by atoms with Crippen LogP contribution in [-0.4, -0.2) is 27.8 Å². The van der Waals surface area contributed by atoms with Crippen molar-refractivity contribution in [2.45, 2.75) is 12.6 Å². The molecule has 0 radical (unpaired) electrons. The molecule has 0 aliphatic heterocycles. The molecule has 1 aromatic rings. The average molecular weight is 375 g/mol. The van der Waals surface area contributed by atoms with Gasteiger partial charge in [-0.3, -0.25) is 4.72 Å². The third-order valence-corrected chi connectivity index (χ3v) is 4.45. The normalized spacial score (nSPS) is 12.4. The third kappa shape index (κ3) is 5.29. The molecule has 0 saturated heterocycles. The van der Waals surface area contributed by atoms with Crippen LogP contribution in [0.1, 0.15) is 12.0 Å². The maximum atomic E-state index is 12.7. The van der Waals surface area contributed by atoms with Crippen LogP contribution in [-0.2, 0) is 16.2 Å². The Labute approximate surface area is 123 Å². The van der Waals surface area contributed by atoms with Crippen molar-refractivity contribution in [3.63, 3.8) is 0 Å². The number of anilines is 1. The van der Waals surface area contributed by atoms with Crippen LogP contribution in [0.4, 0.5) is 18.9 Å². The van der Waals surface area contributed by atoms with E-state index in [1.165, 1.54) is 6.07 Å². The third-order valence-electron chi connectivity index (χ3n) is 2.38. The maximum absolute atomic E-state index is 12.7. The summed E-state index contributed by atoms with van der Waals surface area (Å²) in [6.45, 7) is 0.509. The lowest BCUT2D eigenvalue weighted by molar-refractivity contribution is -0.138. The summed E-state index contributed by atoms with van der Waals surface area (Å²) in [6, 6.07) is 3.20. The van der Waals surface area contributed by atoms with Crippen LogP contribution < -0.4 is 10.0 Å².